The van der Waals surface area contributed by atoms with Crippen molar-refractivity contribution in [3.8, 4) is 11.8 Å². The number of amides is 1. The largest absolute Gasteiger partial charge is 0.488 e. The van der Waals surface area contributed by atoms with Gasteiger partial charge in [0.05, 0.1) is 9.61 Å². The second-order valence-corrected chi connectivity index (χ2v) is 8.96. The van der Waals surface area contributed by atoms with Gasteiger partial charge in [-0.25, -0.2) is 0 Å². The number of nitrogens with one attached hydrogen (secondary N) is 1. The molecule has 1 atom stereocenters. The van der Waals surface area contributed by atoms with E-state index in [1.807, 2.05) is 85.8 Å². The summed E-state index contributed by atoms with van der Waals surface area (Å²) in [5.74, 6) is 0.353. The topological polar surface area (TPSA) is 62.1 Å². The van der Waals surface area contributed by atoms with Crippen LogP contribution in [-0.4, -0.2) is 5.91 Å². The third kappa shape index (κ3) is 6.68. The number of carbonyl (C=O) groups is 1. The van der Waals surface area contributed by atoms with Gasteiger partial charge in [0, 0.05) is 4.47 Å². The molecule has 0 spiro atoms. The Morgan fingerprint density at radius 2 is 1.87 bits per heavy atom. The Morgan fingerprint density at radius 3 is 2.52 bits per heavy atom. The summed E-state index contributed by atoms with van der Waals surface area (Å²) in [6, 6.07) is 25.0. The lowest BCUT2D eigenvalue weighted by atomic mass is 10.1. The molecule has 0 aliphatic heterocycles. The molecular weight excluding hydrogens is 567 g/mol. The zero-order valence-corrected chi connectivity index (χ0v) is 20.6. The number of nitrogens with zero attached hydrogens (tertiary/aromatic N) is 1. The molecule has 0 fully saturated rings. The van der Waals surface area contributed by atoms with E-state index in [1.54, 1.807) is 6.08 Å². The first-order chi connectivity index (χ1) is 15.0. The van der Waals surface area contributed by atoms with Crippen LogP contribution in [0.5, 0.6) is 5.75 Å². The van der Waals surface area contributed by atoms with Crippen molar-refractivity contribution in [2.24, 2.45) is 0 Å². The molecule has 0 saturated heterocycles. The van der Waals surface area contributed by atoms with Crippen molar-refractivity contribution in [3.05, 3.63) is 103 Å². The van der Waals surface area contributed by atoms with Crippen molar-refractivity contribution in [1.82, 2.24) is 5.32 Å². The molecule has 0 aliphatic rings. The molecule has 0 saturated carbocycles. The van der Waals surface area contributed by atoms with Gasteiger partial charge in [0.15, 0.2) is 0 Å². The first-order valence-corrected chi connectivity index (χ1v) is 11.5. The van der Waals surface area contributed by atoms with E-state index in [2.05, 4.69) is 43.8 Å². The predicted octanol–water partition coefficient (Wildman–Crippen LogP) is 6.42. The van der Waals surface area contributed by atoms with Crippen LogP contribution in [0.4, 0.5) is 0 Å². The third-order valence-corrected chi connectivity index (χ3v) is 5.96. The fourth-order valence-electron chi connectivity index (χ4n) is 2.88. The molecule has 1 N–H and O–H groups in total. The summed E-state index contributed by atoms with van der Waals surface area (Å²) in [6.07, 6.45) is 1.59. The smallest absolute Gasteiger partial charge is 0.262 e. The fraction of sp³-hybridized carbons (Fsp3) is 0.120. The van der Waals surface area contributed by atoms with Crippen LogP contribution in [0.25, 0.3) is 6.08 Å². The van der Waals surface area contributed by atoms with E-state index < -0.39 is 5.91 Å². The molecule has 1 amide bonds. The number of nitriles is 1. The van der Waals surface area contributed by atoms with Crippen molar-refractivity contribution in [2.75, 3.05) is 0 Å². The summed E-state index contributed by atoms with van der Waals surface area (Å²) in [6.45, 7) is 2.35. The van der Waals surface area contributed by atoms with Gasteiger partial charge in [0.25, 0.3) is 5.91 Å². The zero-order valence-electron chi connectivity index (χ0n) is 16.8. The monoisotopic (exact) mass is 586 g/mol. The van der Waals surface area contributed by atoms with Crippen LogP contribution >= 0.6 is 38.5 Å². The Morgan fingerprint density at radius 1 is 1.16 bits per heavy atom. The molecule has 31 heavy (non-hydrogen) atoms. The van der Waals surface area contributed by atoms with Gasteiger partial charge in [-0.05, 0) is 76.5 Å². The van der Waals surface area contributed by atoms with E-state index in [0.29, 0.717) is 6.61 Å². The van der Waals surface area contributed by atoms with E-state index in [-0.39, 0.29) is 11.6 Å². The number of halogens is 2. The Hall–Kier alpha value is -2.63. The molecule has 3 aromatic carbocycles. The molecular formula is C25H20BrIN2O2. The Labute approximate surface area is 204 Å². The van der Waals surface area contributed by atoms with Crippen molar-refractivity contribution < 1.29 is 9.53 Å². The minimum absolute atomic E-state index is 0.0575. The lowest BCUT2D eigenvalue weighted by Crippen LogP contribution is -2.27. The Kier molecular flexibility index (Phi) is 8.27. The third-order valence-electron chi connectivity index (χ3n) is 4.59. The van der Waals surface area contributed by atoms with Gasteiger partial charge >= 0.3 is 0 Å². The minimum atomic E-state index is -0.399. The van der Waals surface area contributed by atoms with E-state index in [1.165, 1.54) is 0 Å². The normalized spacial score (nSPS) is 12.0. The molecule has 156 valence electrons. The summed E-state index contributed by atoms with van der Waals surface area (Å²) < 4.78 is 7.84. The highest BCUT2D eigenvalue weighted by atomic mass is 127. The molecule has 3 rings (SSSR count). The van der Waals surface area contributed by atoms with Crippen LogP contribution in [0.15, 0.2) is 82.8 Å². The lowest BCUT2D eigenvalue weighted by molar-refractivity contribution is -0.117. The highest BCUT2D eigenvalue weighted by Gasteiger charge is 2.14. The number of ether oxygens (including phenoxy) is 1. The summed E-state index contributed by atoms with van der Waals surface area (Å²) in [5.41, 5.74) is 2.87. The maximum atomic E-state index is 12.6. The average Bonchev–Trinajstić information content (AvgIpc) is 2.78. The Balaban J connectivity index is 1.67. The number of carbonyl (C=O) groups excluding carboxylic acids is 1. The van der Waals surface area contributed by atoms with Crippen LogP contribution < -0.4 is 10.1 Å². The number of benzene rings is 3. The Bertz CT molecular complexity index is 1120. The molecule has 0 aliphatic carbocycles. The number of rotatable bonds is 7. The summed E-state index contributed by atoms with van der Waals surface area (Å²) >= 11 is 5.62. The van der Waals surface area contributed by atoms with E-state index >= 15 is 0 Å². The second-order valence-electron chi connectivity index (χ2n) is 6.88. The molecule has 0 unspecified atom stereocenters. The van der Waals surface area contributed by atoms with Crippen molar-refractivity contribution in [1.29, 1.82) is 5.26 Å². The van der Waals surface area contributed by atoms with Crippen molar-refractivity contribution in [3.63, 3.8) is 0 Å². The first-order valence-electron chi connectivity index (χ1n) is 9.60. The first kappa shape index (κ1) is 23.0. The number of hydrogen-bond donors (Lipinski definition) is 1. The average molecular weight is 587 g/mol. The number of hydrogen-bond acceptors (Lipinski definition) is 3. The standard InChI is InChI=1S/C25H20BrIN2O2/c1-17(20-5-3-2-4-6-20)29-25(30)21(15-28)13-19-9-12-24(23(27)14-19)31-16-18-7-10-22(26)11-8-18/h2-14,17H,16H2,1H3,(H,29,30)/b21-13-/t17-/m1/s1. The molecule has 6 heteroatoms. The molecule has 0 heterocycles. The SMILES string of the molecule is C[C@@H](NC(=O)/C(C#N)=C\c1ccc(OCc2ccc(Br)cc2)c(I)c1)c1ccccc1. The van der Waals surface area contributed by atoms with Crippen molar-refractivity contribution in [2.45, 2.75) is 19.6 Å². The molecule has 0 bridgehead atoms. The van der Waals surface area contributed by atoms with Crippen LogP contribution in [0.3, 0.4) is 0 Å². The summed E-state index contributed by atoms with van der Waals surface area (Å²) in [4.78, 5) is 12.6. The van der Waals surface area contributed by atoms with Crippen LogP contribution in [0.2, 0.25) is 0 Å². The lowest BCUT2D eigenvalue weighted by Gasteiger charge is -2.14. The molecule has 0 radical (unpaired) electrons. The van der Waals surface area contributed by atoms with Gasteiger partial charge in [-0.2, -0.15) is 5.26 Å². The zero-order chi connectivity index (χ0) is 22.2. The van der Waals surface area contributed by atoms with E-state index in [4.69, 9.17) is 4.74 Å². The minimum Gasteiger partial charge on any atom is -0.488 e. The van der Waals surface area contributed by atoms with Gasteiger partial charge < -0.3 is 10.1 Å². The van der Waals surface area contributed by atoms with E-state index in [9.17, 15) is 10.1 Å². The summed E-state index contributed by atoms with van der Waals surface area (Å²) in [5, 5.41) is 12.4. The molecule has 0 aromatic heterocycles. The van der Waals surface area contributed by atoms with Crippen LogP contribution in [0, 0.1) is 14.9 Å². The van der Waals surface area contributed by atoms with Crippen LogP contribution in [0.1, 0.15) is 29.7 Å². The van der Waals surface area contributed by atoms with Gasteiger partial charge in [-0.1, -0.05) is 64.5 Å². The fourth-order valence-corrected chi connectivity index (χ4v) is 3.84. The highest BCUT2D eigenvalue weighted by molar-refractivity contribution is 14.1. The maximum Gasteiger partial charge on any atom is 0.262 e. The van der Waals surface area contributed by atoms with E-state index in [0.717, 1.165) is 30.5 Å². The quantitative estimate of drug-likeness (QED) is 0.197. The predicted molar refractivity (Wildman–Crippen MR) is 134 cm³/mol. The van der Waals surface area contributed by atoms with Gasteiger partial charge in [0.2, 0.25) is 0 Å². The second kappa shape index (κ2) is 11.1. The van der Waals surface area contributed by atoms with Crippen LogP contribution in [-0.2, 0) is 11.4 Å². The van der Waals surface area contributed by atoms with Gasteiger partial charge in [-0.15, -0.1) is 0 Å². The highest BCUT2D eigenvalue weighted by Crippen LogP contribution is 2.25. The maximum absolute atomic E-state index is 12.6. The van der Waals surface area contributed by atoms with Crippen molar-refractivity contribution >= 4 is 50.5 Å². The molecule has 3 aromatic rings. The molecule has 4 nitrogen and oxygen atoms in total. The van der Waals surface area contributed by atoms with Gasteiger partial charge in [0.1, 0.15) is 24.0 Å². The van der Waals surface area contributed by atoms with Gasteiger partial charge in [-0.3, -0.25) is 4.79 Å². The summed E-state index contributed by atoms with van der Waals surface area (Å²) in [7, 11) is 0.